The Labute approximate surface area is 838 Å². The third-order valence-electron chi connectivity index (χ3n) is 35.2. The van der Waals surface area contributed by atoms with Gasteiger partial charge in [0.05, 0.1) is 0 Å². The molecule has 5 aliphatic rings. The molecule has 0 spiro atoms. The Kier molecular flexibility index (Phi) is 27.8. The fourth-order valence-corrected chi connectivity index (χ4v) is 27.7. The molecule has 21 rings (SSSR count). The second kappa shape index (κ2) is 41.0. The van der Waals surface area contributed by atoms with Gasteiger partial charge in [-0.25, -0.2) is 0 Å². The molecule has 718 valence electrons. The third kappa shape index (κ3) is 17.1. The first-order valence-electron chi connectivity index (χ1n) is 56.1. The molecule has 2 heterocycles. The molecule has 5 aliphatic carbocycles. The van der Waals surface area contributed by atoms with E-state index < -0.39 is 5.41 Å². The first-order chi connectivity index (χ1) is 68.7. The Hall–Kier alpha value is -11.3. The highest BCUT2D eigenvalue weighted by Gasteiger charge is 2.51. The van der Waals surface area contributed by atoms with Crippen molar-refractivity contribution < 1.29 is 8.83 Å². The molecule has 0 radical (unpaired) electrons. The highest BCUT2D eigenvalue weighted by atomic mass is 16.3. The van der Waals surface area contributed by atoms with Crippen LogP contribution in [0.5, 0.6) is 0 Å². The van der Waals surface area contributed by atoms with Gasteiger partial charge in [0.1, 0.15) is 22.3 Å². The molecule has 0 bridgehead atoms. The SMILES string of the molecule is CCCCCCCCC1(CCCCCCCC)c2cc(N(c3ccc(-c4ccc5c(c4)C(C)(C)c4cc(-c6ccc7c(c6)C(CCCCCCC)(CCCCCCC)c6ccccc6-7)ccc4-5)cc3)c3ccc4c(c3)C(C)(C)c3cc(-c5cccc6ccccc56)c5oc6ccccc6c5c3-4)ccc2-c2cc3c(cc21)-c1c(ccc2oc4ccccc4c12)C3(CCCCCCCC)CCCCCCCC. The molecule has 0 saturated heterocycles. The van der Waals surface area contributed by atoms with E-state index in [4.69, 9.17) is 8.83 Å². The topological polar surface area (TPSA) is 29.5 Å². The summed E-state index contributed by atoms with van der Waals surface area (Å²) >= 11 is 0. The van der Waals surface area contributed by atoms with Gasteiger partial charge in [-0.2, -0.15) is 0 Å². The molecule has 0 saturated carbocycles. The Morgan fingerprint density at radius 2 is 0.557 bits per heavy atom. The summed E-state index contributed by atoms with van der Waals surface area (Å²) in [5.41, 5.74) is 42.9. The molecular formula is C137H153NO2. The van der Waals surface area contributed by atoms with Crippen molar-refractivity contribution in [1.82, 2.24) is 0 Å². The van der Waals surface area contributed by atoms with Crippen LogP contribution in [0.4, 0.5) is 17.1 Å². The molecular weight excluding hydrogens is 1690 g/mol. The standard InChI is InChI=1S/C137H153NO2/c1-11-17-23-29-35-49-82-136(83-50-36-30-24-18-12-2)116-78-79-127-130(110-58-42-45-62-125(110)139-127)129(116)114-93-122-112(91-123(114)136)108-76-71-101(90-121(108)137(122,84-51-37-31-25-19-13-3)85-52-38-32-26-20-14-4)138(100-72-77-109-119(89-100)134(9,10)124-92-113(103-60-53-55-95-54-39-40-56-102(95)103)132-131(128(109)124)111-59-43-46-63-126(111)140-132)99-69-64-94(65-70-99)96-66-73-105-106-74-67-97(87-118(106)133(7,8)117(105)86-96)98-68-75-107-104-57-41-44-61-115(104)135(120(107)88-98,80-47-33-27-21-15-5)81-48-34-28-22-16-6/h39-46,53-79,86-93H,11-38,47-52,80-85H2,1-10H3. The summed E-state index contributed by atoms with van der Waals surface area (Å²) in [6.45, 7) is 24.2. The second-order valence-electron chi connectivity index (χ2n) is 44.6. The van der Waals surface area contributed by atoms with Crippen LogP contribution in [0.2, 0.25) is 0 Å². The number of rotatable bonds is 46. The molecule has 3 nitrogen and oxygen atoms in total. The molecule has 16 aromatic rings. The fourth-order valence-electron chi connectivity index (χ4n) is 27.7. The van der Waals surface area contributed by atoms with Crippen LogP contribution in [0.25, 0.3) is 144 Å². The molecule has 14 aromatic carbocycles. The molecule has 0 atom stereocenters. The highest BCUT2D eigenvalue weighted by molar-refractivity contribution is 6.21. The highest BCUT2D eigenvalue weighted by Crippen LogP contribution is 2.66. The second-order valence-corrected chi connectivity index (χ2v) is 44.6. The third-order valence-corrected chi connectivity index (χ3v) is 35.2. The number of fused-ring (bicyclic) bond motifs is 24. The van der Waals surface area contributed by atoms with Crippen LogP contribution in [0.1, 0.15) is 382 Å². The molecule has 0 unspecified atom stereocenters. The lowest BCUT2D eigenvalue weighted by atomic mass is 9.68. The molecule has 2 aromatic heterocycles. The van der Waals surface area contributed by atoms with Crippen LogP contribution < -0.4 is 4.90 Å². The number of para-hydroxylation sites is 2. The Bertz CT molecular complexity index is 7130. The predicted molar refractivity (Wildman–Crippen MR) is 602 cm³/mol. The van der Waals surface area contributed by atoms with E-state index >= 15 is 0 Å². The first kappa shape index (κ1) is 95.0. The normalized spacial score (nSPS) is 14.8. The number of unbranched alkanes of at least 4 members (excludes halogenated alkanes) is 28. The summed E-state index contributed by atoms with van der Waals surface area (Å²) < 4.78 is 14.3. The minimum Gasteiger partial charge on any atom is -0.456 e. The Balaban J connectivity index is 0.710. The maximum absolute atomic E-state index is 7.23. The van der Waals surface area contributed by atoms with E-state index in [1.54, 1.807) is 27.8 Å². The monoisotopic (exact) mass is 1840 g/mol. The van der Waals surface area contributed by atoms with E-state index in [1.165, 1.54) is 381 Å². The summed E-state index contributed by atoms with van der Waals surface area (Å²) in [5, 5.41) is 7.40. The van der Waals surface area contributed by atoms with Crippen molar-refractivity contribution in [2.75, 3.05) is 4.90 Å². The number of anilines is 3. The van der Waals surface area contributed by atoms with Gasteiger partial charge in [0, 0.05) is 71.2 Å². The Morgan fingerprint density at radius 1 is 0.207 bits per heavy atom. The van der Waals surface area contributed by atoms with Crippen LogP contribution in [0, 0.1) is 0 Å². The molecule has 3 heteroatoms. The number of furan rings is 2. The van der Waals surface area contributed by atoms with E-state index in [1.807, 2.05) is 0 Å². The zero-order valence-corrected chi connectivity index (χ0v) is 86.4. The fraction of sp³-hybridized carbons (Fsp3) is 0.401. The zero-order valence-electron chi connectivity index (χ0n) is 86.4. The summed E-state index contributed by atoms with van der Waals surface area (Å²) in [7, 11) is 0. The lowest BCUT2D eigenvalue weighted by Crippen LogP contribution is -2.27. The number of nitrogens with zero attached hydrogens (tertiary/aromatic N) is 1. The van der Waals surface area contributed by atoms with Crippen LogP contribution in [0.15, 0.2) is 270 Å². The quantitative estimate of drug-likeness (QED) is 0.0356. The molecule has 0 aliphatic heterocycles. The molecule has 140 heavy (non-hydrogen) atoms. The molecule has 0 amide bonds. The van der Waals surface area contributed by atoms with Crippen molar-refractivity contribution in [3.63, 3.8) is 0 Å². The average molecular weight is 1850 g/mol. The predicted octanol–water partition coefficient (Wildman–Crippen LogP) is 42.2. The summed E-state index contributed by atoms with van der Waals surface area (Å²) in [6.07, 6.45) is 50.6. The van der Waals surface area contributed by atoms with Crippen LogP contribution in [-0.2, 0) is 27.1 Å². The van der Waals surface area contributed by atoms with Gasteiger partial charge in [0.2, 0.25) is 0 Å². The summed E-state index contributed by atoms with van der Waals surface area (Å²) in [4.78, 5) is 2.68. The van der Waals surface area contributed by atoms with Crippen LogP contribution in [0.3, 0.4) is 0 Å². The summed E-state index contributed by atoms with van der Waals surface area (Å²) in [5.74, 6) is 0. The van der Waals surface area contributed by atoms with E-state index in [0.29, 0.717) is 0 Å². The maximum Gasteiger partial charge on any atom is 0.143 e. The van der Waals surface area contributed by atoms with Gasteiger partial charge < -0.3 is 13.7 Å². The van der Waals surface area contributed by atoms with Gasteiger partial charge in [-0.1, -0.05) is 457 Å². The van der Waals surface area contributed by atoms with E-state index in [-0.39, 0.29) is 21.7 Å². The smallest absolute Gasteiger partial charge is 0.143 e. The number of hydrogen-bond donors (Lipinski definition) is 0. The van der Waals surface area contributed by atoms with E-state index in [0.717, 1.165) is 64.7 Å². The lowest BCUT2D eigenvalue weighted by molar-refractivity contribution is 0.394. The number of benzene rings is 14. The minimum atomic E-state index is -0.401. The minimum absolute atomic E-state index is 0.0268. The molecule has 0 N–H and O–H groups in total. The largest absolute Gasteiger partial charge is 0.456 e. The number of hydrogen-bond acceptors (Lipinski definition) is 3. The lowest BCUT2D eigenvalue weighted by Gasteiger charge is -2.35. The van der Waals surface area contributed by atoms with Gasteiger partial charge in [-0.3, -0.25) is 0 Å². The van der Waals surface area contributed by atoms with Crippen LogP contribution >= 0.6 is 0 Å². The van der Waals surface area contributed by atoms with Crippen molar-refractivity contribution in [3.8, 4) is 89.0 Å². The van der Waals surface area contributed by atoms with Gasteiger partial charge >= 0.3 is 0 Å². The van der Waals surface area contributed by atoms with Gasteiger partial charge in [-0.05, 0) is 279 Å². The van der Waals surface area contributed by atoms with Crippen molar-refractivity contribution >= 4 is 71.7 Å². The summed E-state index contributed by atoms with van der Waals surface area (Å²) in [6, 6.07) is 104. The van der Waals surface area contributed by atoms with E-state index in [9.17, 15) is 0 Å². The van der Waals surface area contributed by atoms with Crippen molar-refractivity contribution in [3.05, 3.63) is 316 Å². The van der Waals surface area contributed by atoms with Gasteiger partial charge in [0.15, 0.2) is 0 Å². The van der Waals surface area contributed by atoms with Crippen molar-refractivity contribution in [2.24, 2.45) is 0 Å². The maximum atomic E-state index is 7.23. The zero-order chi connectivity index (χ0) is 95.7. The average Bonchev–Trinajstić information content (AvgIpc) is 1.50. The van der Waals surface area contributed by atoms with Crippen molar-refractivity contribution in [1.29, 1.82) is 0 Å². The first-order valence-corrected chi connectivity index (χ1v) is 56.1. The Morgan fingerprint density at radius 3 is 1.12 bits per heavy atom. The van der Waals surface area contributed by atoms with Crippen molar-refractivity contribution in [2.45, 2.75) is 353 Å². The van der Waals surface area contributed by atoms with Gasteiger partial charge in [0.25, 0.3) is 0 Å². The van der Waals surface area contributed by atoms with Gasteiger partial charge in [-0.15, -0.1) is 0 Å². The van der Waals surface area contributed by atoms with E-state index in [2.05, 4.69) is 335 Å². The van der Waals surface area contributed by atoms with Crippen LogP contribution in [-0.4, -0.2) is 0 Å². The molecule has 0 fully saturated rings.